The van der Waals surface area contributed by atoms with Crippen LogP contribution in [0.25, 0.3) is 77.5 Å². The minimum Gasteiger partial charge on any atom is -0.508 e. The number of nitrogens with zero attached hydrogens (tertiary/aromatic N) is 2. The molecule has 9 aromatic carbocycles. The number of hydrogen-bond donors (Lipinski definition) is 2. The van der Waals surface area contributed by atoms with Crippen LogP contribution in [-0.4, -0.2) is 43.9 Å². The highest BCUT2D eigenvalue weighted by molar-refractivity contribution is 6.36. The van der Waals surface area contributed by atoms with Crippen molar-refractivity contribution in [3.05, 3.63) is 216 Å². The summed E-state index contributed by atoms with van der Waals surface area (Å²) in [7, 11) is 0. The van der Waals surface area contributed by atoms with Crippen molar-refractivity contribution in [3.8, 4) is 78.3 Å². The summed E-state index contributed by atoms with van der Waals surface area (Å²) in [5, 5.41) is 23.3. The first-order chi connectivity index (χ1) is 31.3. The molecule has 0 fully saturated rings. The third-order valence-corrected chi connectivity index (χ3v) is 12.1. The number of rotatable bonds is 7. The molecule has 0 spiro atoms. The van der Waals surface area contributed by atoms with Crippen molar-refractivity contribution in [1.29, 1.82) is 0 Å². The highest BCUT2D eigenvalue weighted by Gasteiger charge is 2.53. The Balaban J connectivity index is 1.23. The number of hydrazine groups is 1. The third-order valence-electron chi connectivity index (χ3n) is 12.1. The Labute approximate surface area is 367 Å². The molecule has 0 aromatic heterocycles. The molecule has 2 N–H and O–H groups in total. The molecule has 64 heavy (non-hydrogen) atoms. The van der Waals surface area contributed by atoms with Gasteiger partial charge in [-0.25, -0.2) is 0 Å². The Morgan fingerprint density at radius 3 is 0.734 bits per heavy atom. The van der Waals surface area contributed by atoms with Crippen LogP contribution in [0.4, 0.5) is 0 Å². The molecule has 0 radical (unpaired) electrons. The number of aromatic hydroxyl groups is 2. The molecule has 2 heterocycles. The molecule has 2 aliphatic rings. The zero-order chi connectivity index (χ0) is 43.6. The van der Waals surface area contributed by atoms with E-state index in [-0.39, 0.29) is 33.8 Å². The van der Waals surface area contributed by atoms with Crippen molar-refractivity contribution in [3.63, 3.8) is 0 Å². The Kier molecular flexibility index (Phi) is 8.88. The van der Waals surface area contributed by atoms with Gasteiger partial charge in [-0.2, -0.15) is 10.0 Å². The van der Waals surface area contributed by atoms with E-state index in [0.717, 1.165) is 16.1 Å². The van der Waals surface area contributed by atoms with Gasteiger partial charge in [0.1, 0.15) is 11.5 Å². The number of phenolic OH excluding ortho intramolecular Hbond substituents is 2. The molecule has 11 rings (SSSR count). The summed E-state index contributed by atoms with van der Waals surface area (Å²) in [6.45, 7) is 0. The van der Waals surface area contributed by atoms with Crippen molar-refractivity contribution in [2.45, 2.75) is 0 Å². The first kappa shape index (κ1) is 38.1. The van der Waals surface area contributed by atoms with Crippen LogP contribution in [0.2, 0.25) is 0 Å². The fraction of sp³-hybridized carbons (Fsp3) is 0. The lowest BCUT2D eigenvalue weighted by Gasteiger charge is -2.23. The van der Waals surface area contributed by atoms with Gasteiger partial charge in [-0.15, -0.1) is 0 Å². The first-order valence-electron chi connectivity index (χ1n) is 20.7. The minimum absolute atomic E-state index is 0.00413. The summed E-state index contributed by atoms with van der Waals surface area (Å²) in [6, 6.07) is 58.2. The Hall–Kier alpha value is -8.88. The molecule has 0 saturated heterocycles. The monoisotopic (exact) mass is 830 g/mol. The van der Waals surface area contributed by atoms with Gasteiger partial charge in [0.25, 0.3) is 23.6 Å². The van der Waals surface area contributed by atoms with Crippen molar-refractivity contribution < 1.29 is 29.4 Å². The molecule has 9 aromatic rings. The third kappa shape index (κ3) is 5.77. The van der Waals surface area contributed by atoms with Crippen LogP contribution >= 0.6 is 0 Å². The molecule has 0 aliphatic carbocycles. The second kappa shape index (κ2) is 14.9. The Morgan fingerprint density at radius 2 is 0.453 bits per heavy atom. The number of imide groups is 2. The molecular weight excluding hydrogens is 797 g/mol. The SMILES string of the molecule is O=C1c2c(c(-c3ccccc3)c(-c3ccccc3)c(-c3ccccc3)c2-c2ccccc2)C(=O)N1N1C(=O)c2c(c(-c3ccc(O)cc3)c3ccccc3c2-c2ccc(O)cc2)C1=O. The standard InChI is InChI=1S/C56H34N2O6/c59-39-29-25-37(26-30-39)43-41-23-13-14-24-42(41)44(38-27-31-40(60)32-28-38)50-49(43)53(61)57(54(50)62)58-55(63)51-47(35-19-9-3-10-20-35)45(33-15-5-1-6-16-33)46(34-17-7-2-8-18-34)48(52(51)56(58)64)36-21-11-4-12-22-36/h1-32,59-60H. The van der Waals surface area contributed by atoms with Crippen LogP contribution in [0.5, 0.6) is 11.5 Å². The smallest absolute Gasteiger partial charge is 0.281 e. The Morgan fingerprint density at radius 1 is 0.234 bits per heavy atom. The lowest BCUT2D eigenvalue weighted by molar-refractivity contribution is 0.00852. The molecule has 8 nitrogen and oxygen atoms in total. The topological polar surface area (TPSA) is 115 Å². The summed E-state index contributed by atoms with van der Waals surface area (Å²) in [6.07, 6.45) is 0. The van der Waals surface area contributed by atoms with Crippen LogP contribution in [0.3, 0.4) is 0 Å². The van der Waals surface area contributed by atoms with Crippen molar-refractivity contribution in [2.75, 3.05) is 0 Å². The normalized spacial score (nSPS) is 13.2. The van der Waals surface area contributed by atoms with E-state index in [1.54, 1.807) is 24.3 Å². The minimum atomic E-state index is -0.863. The summed E-state index contributed by atoms with van der Waals surface area (Å²) in [5.74, 6) is -3.37. The number of fused-ring (bicyclic) bond motifs is 3. The van der Waals surface area contributed by atoms with E-state index in [1.165, 1.54) is 24.3 Å². The number of carbonyl (C=O) groups is 4. The van der Waals surface area contributed by atoms with Gasteiger partial charge in [0.2, 0.25) is 0 Å². The maximum atomic E-state index is 15.8. The largest absolute Gasteiger partial charge is 0.508 e. The van der Waals surface area contributed by atoms with E-state index >= 15 is 19.2 Å². The summed E-state index contributed by atoms with van der Waals surface area (Å²) < 4.78 is 0. The quantitative estimate of drug-likeness (QED) is 0.155. The van der Waals surface area contributed by atoms with E-state index in [0.29, 0.717) is 71.4 Å². The van der Waals surface area contributed by atoms with Gasteiger partial charge in [-0.3, -0.25) is 19.2 Å². The second-order valence-corrected chi connectivity index (χ2v) is 15.7. The van der Waals surface area contributed by atoms with E-state index in [4.69, 9.17) is 0 Å². The highest BCUT2D eigenvalue weighted by Crippen LogP contribution is 2.53. The molecule has 0 saturated carbocycles. The number of amides is 4. The fourth-order valence-electron chi connectivity index (χ4n) is 9.45. The number of benzene rings is 9. The van der Waals surface area contributed by atoms with Gasteiger partial charge >= 0.3 is 0 Å². The number of phenols is 2. The van der Waals surface area contributed by atoms with E-state index in [1.807, 2.05) is 146 Å². The highest BCUT2D eigenvalue weighted by atomic mass is 16.3. The number of carbonyl (C=O) groups excluding carboxylic acids is 4. The Bertz CT molecular complexity index is 3160. The zero-order valence-electron chi connectivity index (χ0n) is 33.9. The molecule has 2 aliphatic heterocycles. The van der Waals surface area contributed by atoms with Crippen molar-refractivity contribution >= 4 is 34.4 Å². The van der Waals surface area contributed by atoms with Gasteiger partial charge in [-0.1, -0.05) is 170 Å². The van der Waals surface area contributed by atoms with E-state index in [2.05, 4.69) is 0 Å². The van der Waals surface area contributed by atoms with E-state index in [9.17, 15) is 10.2 Å². The molecule has 0 atom stereocenters. The first-order valence-corrected chi connectivity index (χ1v) is 20.7. The van der Waals surface area contributed by atoms with Gasteiger partial charge in [0.05, 0.1) is 22.3 Å². The lowest BCUT2D eigenvalue weighted by Crippen LogP contribution is -2.49. The lowest BCUT2D eigenvalue weighted by atomic mass is 9.78. The summed E-state index contributed by atoms with van der Waals surface area (Å²) >= 11 is 0. The molecule has 4 amide bonds. The molecule has 0 unspecified atom stereocenters. The average molecular weight is 831 g/mol. The van der Waals surface area contributed by atoms with Gasteiger partial charge in [-0.05, 0) is 79.5 Å². The molecule has 0 bridgehead atoms. The van der Waals surface area contributed by atoms with Crippen molar-refractivity contribution in [1.82, 2.24) is 10.0 Å². The van der Waals surface area contributed by atoms with Crippen LogP contribution in [0.15, 0.2) is 194 Å². The van der Waals surface area contributed by atoms with Crippen LogP contribution in [0.1, 0.15) is 41.4 Å². The van der Waals surface area contributed by atoms with Crippen LogP contribution < -0.4 is 0 Å². The molecule has 304 valence electrons. The van der Waals surface area contributed by atoms with Gasteiger partial charge in [0.15, 0.2) is 0 Å². The summed E-state index contributed by atoms with van der Waals surface area (Å²) in [4.78, 5) is 62.6. The number of hydrogen-bond acceptors (Lipinski definition) is 6. The van der Waals surface area contributed by atoms with Gasteiger partial charge < -0.3 is 10.2 Å². The zero-order valence-corrected chi connectivity index (χ0v) is 33.9. The molecular formula is C56H34N2O6. The van der Waals surface area contributed by atoms with Crippen LogP contribution in [-0.2, 0) is 0 Å². The predicted molar refractivity (Wildman–Crippen MR) is 247 cm³/mol. The maximum absolute atomic E-state index is 15.8. The molecule has 8 heteroatoms. The predicted octanol–water partition coefficient (Wildman–Crippen LogP) is 12.1. The fourth-order valence-corrected chi connectivity index (χ4v) is 9.45. The average Bonchev–Trinajstić information content (AvgIpc) is 3.74. The van der Waals surface area contributed by atoms with E-state index < -0.39 is 23.6 Å². The van der Waals surface area contributed by atoms with Gasteiger partial charge in [0, 0.05) is 22.3 Å². The van der Waals surface area contributed by atoms with Crippen LogP contribution in [0, 0.1) is 0 Å². The second-order valence-electron chi connectivity index (χ2n) is 15.7. The van der Waals surface area contributed by atoms with Crippen molar-refractivity contribution in [2.24, 2.45) is 0 Å². The maximum Gasteiger partial charge on any atom is 0.281 e. The summed E-state index contributed by atoms with van der Waals surface area (Å²) in [5.41, 5.74) is 7.28.